The van der Waals surface area contributed by atoms with Gasteiger partial charge >= 0.3 is 0 Å². The minimum Gasteiger partial charge on any atom is -0.313 e. The van der Waals surface area contributed by atoms with Crippen LogP contribution < -0.4 is 0 Å². The van der Waals surface area contributed by atoms with Gasteiger partial charge in [-0.1, -0.05) is 13.8 Å². The summed E-state index contributed by atoms with van der Waals surface area (Å²) in [5.74, 6) is -2.58. The molecule has 0 radical (unpaired) electrons. The van der Waals surface area contributed by atoms with Gasteiger partial charge in [0.15, 0.2) is 5.82 Å². The third-order valence-corrected chi connectivity index (χ3v) is 2.41. The van der Waals surface area contributed by atoms with E-state index >= 15 is 0 Å². The highest BCUT2D eigenvalue weighted by Gasteiger charge is 2.19. The smallest absolute Gasteiger partial charge is 0.169 e. The molecular weight excluding hydrogens is 243 g/mol. The number of benzene rings is 1. The lowest BCUT2D eigenvalue weighted by molar-refractivity contribution is 0.516. The van der Waals surface area contributed by atoms with E-state index in [0.29, 0.717) is 18.7 Å². The fourth-order valence-corrected chi connectivity index (χ4v) is 1.73. The molecule has 6 heteroatoms. The first-order chi connectivity index (χ1) is 8.49. The van der Waals surface area contributed by atoms with Gasteiger partial charge in [-0.25, -0.2) is 13.2 Å². The standard InChI is InChI=1S/C12H12F3N3/c1-7(2)5-18-6-16-17-12(18)11-9(14)3-8(13)4-10(11)15/h3-4,6-7H,5H2,1-2H3. The molecule has 1 aromatic heterocycles. The first-order valence-corrected chi connectivity index (χ1v) is 5.51. The Hall–Kier alpha value is -1.85. The van der Waals surface area contributed by atoms with Gasteiger partial charge in [-0.15, -0.1) is 10.2 Å². The monoisotopic (exact) mass is 255 g/mol. The van der Waals surface area contributed by atoms with Gasteiger partial charge < -0.3 is 4.57 Å². The quantitative estimate of drug-likeness (QED) is 0.844. The van der Waals surface area contributed by atoms with Crippen molar-refractivity contribution in [3.8, 4) is 11.4 Å². The van der Waals surface area contributed by atoms with Crippen molar-refractivity contribution < 1.29 is 13.2 Å². The number of hydrogen-bond acceptors (Lipinski definition) is 2. The maximum atomic E-state index is 13.6. The van der Waals surface area contributed by atoms with Gasteiger partial charge in [0, 0.05) is 18.7 Å². The molecule has 3 nitrogen and oxygen atoms in total. The second-order valence-electron chi connectivity index (χ2n) is 4.45. The summed E-state index contributed by atoms with van der Waals surface area (Å²) < 4.78 is 41.6. The van der Waals surface area contributed by atoms with E-state index in [1.165, 1.54) is 6.33 Å². The van der Waals surface area contributed by atoms with Crippen LogP contribution in [0, 0.1) is 23.4 Å². The molecule has 0 N–H and O–H groups in total. The van der Waals surface area contributed by atoms with Gasteiger partial charge in [-0.05, 0) is 5.92 Å². The summed E-state index contributed by atoms with van der Waals surface area (Å²) in [6, 6.07) is 1.26. The van der Waals surface area contributed by atoms with Gasteiger partial charge in [-0.3, -0.25) is 0 Å². The Bertz CT molecular complexity index is 540. The predicted octanol–water partition coefficient (Wildman–Crippen LogP) is 3.02. The van der Waals surface area contributed by atoms with Crippen molar-refractivity contribution in [1.82, 2.24) is 14.8 Å². The van der Waals surface area contributed by atoms with Crippen LogP contribution in [0.3, 0.4) is 0 Å². The normalized spacial score (nSPS) is 11.2. The molecule has 0 aliphatic heterocycles. The van der Waals surface area contributed by atoms with Crippen molar-refractivity contribution in [3.05, 3.63) is 35.9 Å². The molecule has 1 heterocycles. The minimum atomic E-state index is -0.981. The van der Waals surface area contributed by atoms with E-state index in [1.54, 1.807) is 4.57 Å². The highest BCUT2D eigenvalue weighted by Crippen LogP contribution is 2.25. The van der Waals surface area contributed by atoms with Crippen LogP contribution >= 0.6 is 0 Å². The highest BCUT2D eigenvalue weighted by atomic mass is 19.1. The van der Waals surface area contributed by atoms with Gasteiger partial charge in [0.25, 0.3) is 0 Å². The fraction of sp³-hybridized carbons (Fsp3) is 0.333. The van der Waals surface area contributed by atoms with Crippen LogP contribution in [0.1, 0.15) is 13.8 Å². The fourth-order valence-electron chi connectivity index (χ4n) is 1.73. The lowest BCUT2D eigenvalue weighted by Crippen LogP contribution is -2.07. The third-order valence-electron chi connectivity index (χ3n) is 2.41. The number of aromatic nitrogens is 3. The van der Waals surface area contributed by atoms with Crippen LogP contribution in [0.4, 0.5) is 13.2 Å². The maximum Gasteiger partial charge on any atom is 0.169 e. The maximum absolute atomic E-state index is 13.6. The van der Waals surface area contributed by atoms with Gasteiger partial charge in [0.05, 0.1) is 5.56 Å². The Morgan fingerprint density at radius 3 is 2.33 bits per heavy atom. The number of rotatable bonds is 3. The number of hydrogen-bond donors (Lipinski definition) is 0. The van der Waals surface area contributed by atoms with E-state index in [-0.39, 0.29) is 17.3 Å². The number of halogens is 3. The zero-order valence-electron chi connectivity index (χ0n) is 9.99. The minimum absolute atomic E-state index is 0.0682. The van der Waals surface area contributed by atoms with E-state index in [1.807, 2.05) is 13.8 Å². The number of nitrogens with zero attached hydrogens (tertiary/aromatic N) is 3. The molecule has 0 amide bonds. The van der Waals surface area contributed by atoms with Crippen molar-refractivity contribution in [1.29, 1.82) is 0 Å². The van der Waals surface area contributed by atoms with Crippen LogP contribution in [0.5, 0.6) is 0 Å². The van der Waals surface area contributed by atoms with Gasteiger partial charge in [0.1, 0.15) is 23.8 Å². The molecule has 96 valence electrons. The molecule has 1 aromatic carbocycles. The van der Waals surface area contributed by atoms with Gasteiger partial charge in [0.2, 0.25) is 0 Å². The second-order valence-corrected chi connectivity index (χ2v) is 4.45. The Balaban J connectivity index is 2.52. The van der Waals surface area contributed by atoms with Crippen molar-refractivity contribution in [2.45, 2.75) is 20.4 Å². The Morgan fingerprint density at radius 2 is 1.78 bits per heavy atom. The third kappa shape index (κ3) is 2.37. The van der Waals surface area contributed by atoms with Crippen LogP contribution in [0.15, 0.2) is 18.5 Å². The molecule has 2 aromatic rings. The zero-order valence-corrected chi connectivity index (χ0v) is 9.99. The lowest BCUT2D eigenvalue weighted by atomic mass is 10.1. The predicted molar refractivity (Wildman–Crippen MR) is 60.2 cm³/mol. The molecule has 0 fully saturated rings. The van der Waals surface area contributed by atoms with Crippen LogP contribution in [0.2, 0.25) is 0 Å². The summed E-state index contributed by atoms with van der Waals surface area (Å²) in [4.78, 5) is 0. The average Bonchev–Trinajstić information content (AvgIpc) is 2.63. The van der Waals surface area contributed by atoms with Crippen LogP contribution in [-0.2, 0) is 6.54 Å². The molecule has 18 heavy (non-hydrogen) atoms. The molecule has 0 spiro atoms. The molecule has 0 atom stereocenters. The van der Waals surface area contributed by atoms with Crippen molar-refractivity contribution in [2.75, 3.05) is 0 Å². The molecule has 0 bridgehead atoms. The zero-order chi connectivity index (χ0) is 13.3. The van der Waals surface area contributed by atoms with Crippen molar-refractivity contribution >= 4 is 0 Å². The van der Waals surface area contributed by atoms with Crippen LogP contribution in [-0.4, -0.2) is 14.8 Å². The summed E-state index contributed by atoms with van der Waals surface area (Å²) in [6.07, 6.45) is 1.40. The van der Waals surface area contributed by atoms with E-state index in [4.69, 9.17) is 0 Å². The molecule has 0 aliphatic rings. The molecule has 2 rings (SSSR count). The Kier molecular flexibility index (Phi) is 3.36. The molecule has 0 saturated heterocycles. The van der Waals surface area contributed by atoms with Crippen molar-refractivity contribution in [3.63, 3.8) is 0 Å². The average molecular weight is 255 g/mol. The summed E-state index contributed by atoms with van der Waals surface area (Å²) in [7, 11) is 0. The lowest BCUT2D eigenvalue weighted by Gasteiger charge is -2.10. The largest absolute Gasteiger partial charge is 0.313 e. The second kappa shape index (κ2) is 4.80. The van der Waals surface area contributed by atoms with E-state index in [2.05, 4.69) is 10.2 Å². The van der Waals surface area contributed by atoms with E-state index in [9.17, 15) is 13.2 Å². The topological polar surface area (TPSA) is 30.7 Å². The highest BCUT2D eigenvalue weighted by molar-refractivity contribution is 5.56. The Morgan fingerprint density at radius 1 is 1.17 bits per heavy atom. The van der Waals surface area contributed by atoms with E-state index < -0.39 is 17.5 Å². The Labute approximate surface area is 102 Å². The molecule has 0 aliphatic carbocycles. The van der Waals surface area contributed by atoms with Crippen LogP contribution in [0.25, 0.3) is 11.4 Å². The van der Waals surface area contributed by atoms with Gasteiger partial charge in [-0.2, -0.15) is 0 Å². The first-order valence-electron chi connectivity index (χ1n) is 5.51. The van der Waals surface area contributed by atoms with E-state index in [0.717, 1.165) is 0 Å². The molecule has 0 unspecified atom stereocenters. The summed E-state index contributed by atoms with van der Waals surface area (Å²) in [5.41, 5.74) is -0.352. The van der Waals surface area contributed by atoms with Crippen molar-refractivity contribution in [2.24, 2.45) is 5.92 Å². The SMILES string of the molecule is CC(C)Cn1cnnc1-c1c(F)cc(F)cc1F. The summed E-state index contributed by atoms with van der Waals surface area (Å²) in [5, 5.41) is 7.34. The summed E-state index contributed by atoms with van der Waals surface area (Å²) in [6.45, 7) is 4.45. The molecule has 0 saturated carbocycles. The first kappa shape index (κ1) is 12.6. The molecular formula is C12H12F3N3. The summed E-state index contributed by atoms with van der Waals surface area (Å²) >= 11 is 0.